The second-order valence-corrected chi connectivity index (χ2v) is 4.28. The number of nitrogens with two attached hydrogens (primary N) is 1. The van der Waals surface area contributed by atoms with Gasteiger partial charge in [0.1, 0.15) is 5.82 Å². The fourth-order valence-corrected chi connectivity index (χ4v) is 2.03. The molecule has 2 rings (SSSR count). The van der Waals surface area contributed by atoms with E-state index < -0.39 is 0 Å². The summed E-state index contributed by atoms with van der Waals surface area (Å²) in [6.07, 6.45) is 3.30. The molecule has 2 heteroatoms. The number of rotatable bonds is 3. The Hall–Kier alpha value is -0.890. The highest BCUT2D eigenvalue weighted by atomic mass is 19.1. The van der Waals surface area contributed by atoms with Gasteiger partial charge in [-0.15, -0.1) is 0 Å². The van der Waals surface area contributed by atoms with Gasteiger partial charge in [-0.25, -0.2) is 4.39 Å². The van der Waals surface area contributed by atoms with Gasteiger partial charge in [0.25, 0.3) is 0 Å². The van der Waals surface area contributed by atoms with Crippen LogP contribution in [0.4, 0.5) is 4.39 Å². The van der Waals surface area contributed by atoms with Gasteiger partial charge in [-0.2, -0.15) is 0 Å². The molecular weight excluding hydrogens is 177 g/mol. The number of halogens is 1. The van der Waals surface area contributed by atoms with Gasteiger partial charge in [0, 0.05) is 0 Å². The Morgan fingerprint density at radius 2 is 2.14 bits per heavy atom. The summed E-state index contributed by atoms with van der Waals surface area (Å²) in [4.78, 5) is 0. The van der Waals surface area contributed by atoms with E-state index in [9.17, 15) is 4.39 Å². The van der Waals surface area contributed by atoms with Crippen LogP contribution in [0.5, 0.6) is 0 Å². The second kappa shape index (κ2) is 3.35. The van der Waals surface area contributed by atoms with Crippen molar-refractivity contribution in [1.29, 1.82) is 0 Å². The molecule has 1 aromatic carbocycles. The molecule has 0 radical (unpaired) electrons. The van der Waals surface area contributed by atoms with Crippen LogP contribution < -0.4 is 5.73 Å². The van der Waals surface area contributed by atoms with Crippen LogP contribution in [0.3, 0.4) is 0 Å². The van der Waals surface area contributed by atoms with Gasteiger partial charge in [0.05, 0.1) is 0 Å². The number of hydrogen-bond donors (Lipinski definition) is 1. The lowest BCUT2D eigenvalue weighted by Gasteiger charge is -2.14. The largest absolute Gasteiger partial charge is 0.330 e. The van der Waals surface area contributed by atoms with E-state index in [1.807, 2.05) is 12.1 Å². The topological polar surface area (TPSA) is 26.0 Å². The van der Waals surface area contributed by atoms with E-state index in [-0.39, 0.29) is 11.2 Å². The SMILES string of the molecule is Cc1ccc(C2(CCN)CC2)cc1F. The summed E-state index contributed by atoms with van der Waals surface area (Å²) in [5.41, 5.74) is 7.63. The highest BCUT2D eigenvalue weighted by molar-refractivity contribution is 5.34. The highest BCUT2D eigenvalue weighted by Gasteiger charge is 2.43. The molecule has 1 aliphatic carbocycles. The van der Waals surface area contributed by atoms with Crippen molar-refractivity contribution in [2.75, 3.05) is 6.54 Å². The molecule has 1 aromatic rings. The van der Waals surface area contributed by atoms with Crippen molar-refractivity contribution < 1.29 is 4.39 Å². The molecule has 0 spiro atoms. The standard InChI is InChI=1S/C12H16FN/c1-9-2-3-10(8-11(9)13)12(4-5-12)6-7-14/h2-3,8H,4-7,14H2,1H3. The molecule has 0 heterocycles. The minimum absolute atomic E-state index is 0.0919. The average molecular weight is 193 g/mol. The van der Waals surface area contributed by atoms with Gasteiger partial charge in [0.15, 0.2) is 0 Å². The van der Waals surface area contributed by atoms with E-state index in [1.54, 1.807) is 13.0 Å². The van der Waals surface area contributed by atoms with Crippen LogP contribution in [0.25, 0.3) is 0 Å². The number of benzene rings is 1. The van der Waals surface area contributed by atoms with Crippen LogP contribution in [0, 0.1) is 12.7 Å². The fraction of sp³-hybridized carbons (Fsp3) is 0.500. The quantitative estimate of drug-likeness (QED) is 0.784. The zero-order chi connectivity index (χ0) is 10.2. The lowest BCUT2D eigenvalue weighted by atomic mass is 9.92. The fourth-order valence-electron chi connectivity index (χ4n) is 2.03. The van der Waals surface area contributed by atoms with Crippen molar-refractivity contribution in [3.63, 3.8) is 0 Å². The molecule has 1 nitrogen and oxygen atoms in total. The molecule has 14 heavy (non-hydrogen) atoms. The minimum Gasteiger partial charge on any atom is -0.330 e. The summed E-state index contributed by atoms with van der Waals surface area (Å²) in [6, 6.07) is 5.58. The smallest absolute Gasteiger partial charge is 0.126 e. The summed E-state index contributed by atoms with van der Waals surface area (Å²) in [5.74, 6) is -0.0919. The molecule has 0 aromatic heterocycles. The van der Waals surface area contributed by atoms with Gasteiger partial charge in [0.2, 0.25) is 0 Å². The first kappa shape index (κ1) is 9.66. The third-order valence-corrected chi connectivity index (χ3v) is 3.26. The number of aryl methyl sites for hydroxylation is 1. The molecule has 2 N–H and O–H groups in total. The van der Waals surface area contributed by atoms with Crippen molar-refractivity contribution in [2.45, 2.75) is 31.6 Å². The Morgan fingerprint density at radius 3 is 2.64 bits per heavy atom. The first-order valence-corrected chi connectivity index (χ1v) is 5.15. The van der Waals surface area contributed by atoms with Gasteiger partial charge >= 0.3 is 0 Å². The molecule has 0 bridgehead atoms. The lowest BCUT2D eigenvalue weighted by molar-refractivity contribution is 0.593. The van der Waals surface area contributed by atoms with Crippen molar-refractivity contribution in [3.05, 3.63) is 35.1 Å². The summed E-state index contributed by atoms with van der Waals surface area (Å²) >= 11 is 0. The molecule has 0 unspecified atom stereocenters. The molecule has 0 atom stereocenters. The molecular formula is C12H16FN. The van der Waals surface area contributed by atoms with Gasteiger partial charge in [-0.05, 0) is 55.3 Å². The highest BCUT2D eigenvalue weighted by Crippen LogP contribution is 2.50. The van der Waals surface area contributed by atoms with Crippen molar-refractivity contribution in [2.24, 2.45) is 5.73 Å². The van der Waals surface area contributed by atoms with E-state index in [0.717, 1.165) is 30.4 Å². The molecule has 76 valence electrons. The normalized spacial score (nSPS) is 18.2. The zero-order valence-electron chi connectivity index (χ0n) is 8.52. The predicted molar refractivity (Wildman–Crippen MR) is 55.7 cm³/mol. The first-order chi connectivity index (χ1) is 6.68. The Balaban J connectivity index is 2.28. The van der Waals surface area contributed by atoms with Crippen LogP contribution in [0.2, 0.25) is 0 Å². The Bertz CT molecular complexity index is 342. The molecule has 1 aliphatic rings. The third-order valence-electron chi connectivity index (χ3n) is 3.26. The Kier molecular flexibility index (Phi) is 2.31. The van der Waals surface area contributed by atoms with E-state index in [1.165, 1.54) is 0 Å². The van der Waals surface area contributed by atoms with Crippen LogP contribution in [-0.2, 0) is 5.41 Å². The van der Waals surface area contributed by atoms with Crippen molar-refractivity contribution in [3.8, 4) is 0 Å². The average Bonchev–Trinajstić information content (AvgIpc) is 2.91. The second-order valence-electron chi connectivity index (χ2n) is 4.28. The summed E-state index contributed by atoms with van der Waals surface area (Å²) in [6.45, 7) is 2.48. The van der Waals surface area contributed by atoms with Crippen molar-refractivity contribution >= 4 is 0 Å². The maximum absolute atomic E-state index is 13.3. The third kappa shape index (κ3) is 1.55. The first-order valence-electron chi connectivity index (χ1n) is 5.15. The van der Waals surface area contributed by atoms with Gasteiger partial charge < -0.3 is 5.73 Å². The Labute approximate surface area is 84.1 Å². The van der Waals surface area contributed by atoms with Crippen LogP contribution in [0.1, 0.15) is 30.4 Å². The van der Waals surface area contributed by atoms with E-state index in [4.69, 9.17) is 5.73 Å². The van der Waals surface area contributed by atoms with Crippen molar-refractivity contribution in [1.82, 2.24) is 0 Å². The summed E-state index contributed by atoms with van der Waals surface area (Å²) in [7, 11) is 0. The molecule has 1 saturated carbocycles. The van der Waals surface area contributed by atoms with E-state index in [2.05, 4.69) is 0 Å². The summed E-state index contributed by atoms with van der Waals surface area (Å²) < 4.78 is 13.3. The number of hydrogen-bond acceptors (Lipinski definition) is 1. The van der Waals surface area contributed by atoms with Gasteiger partial charge in [-0.1, -0.05) is 12.1 Å². The van der Waals surface area contributed by atoms with Crippen LogP contribution in [-0.4, -0.2) is 6.54 Å². The molecule has 0 saturated heterocycles. The van der Waals surface area contributed by atoms with E-state index >= 15 is 0 Å². The molecule has 0 aliphatic heterocycles. The summed E-state index contributed by atoms with van der Waals surface area (Å²) in [5, 5.41) is 0. The van der Waals surface area contributed by atoms with Gasteiger partial charge in [-0.3, -0.25) is 0 Å². The van der Waals surface area contributed by atoms with E-state index in [0.29, 0.717) is 6.54 Å². The maximum atomic E-state index is 13.3. The predicted octanol–water partition coefficient (Wildman–Crippen LogP) is 2.51. The molecule has 1 fully saturated rings. The van der Waals surface area contributed by atoms with Crippen LogP contribution in [0.15, 0.2) is 18.2 Å². The molecule has 0 amide bonds. The monoisotopic (exact) mass is 193 g/mol. The van der Waals surface area contributed by atoms with Crippen LogP contribution >= 0.6 is 0 Å². The maximum Gasteiger partial charge on any atom is 0.126 e. The lowest BCUT2D eigenvalue weighted by Crippen LogP contribution is -2.13. The Morgan fingerprint density at radius 1 is 1.43 bits per heavy atom. The zero-order valence-corrected chi connectivity index (χ0v) is 8.52. The minimum atomic E-state index is -0.0919.